The first-order chi connectivity index (χ1) is 11.8. The Hall–Kier alpha value is -2.17. The van der Waals surface area contributed by atoms with Gasteiger partial charge in [0.05, 0.1) is 0 Å². The maximum atomic E-state index is 12.3. The molecule has 0 unspecified atom stereocenters. The minimum atomic E-state index is -0.584. The van der Waals surface area contributed by atoms with E-state index in [1.54, 1.807) is 0 Å². The van der Waals surface area contributed by atoms with Crippen LogP contribution in [0.25, 0.3) is 11.1 Å². The molecule has 1 heterocycles. The molecular weight excluding hydrogens is 300 g/mol. The first-order valence-corrected chi connectivity index (χ1v) is 8.59. The Balaban J connectivity index is 1.51. The van der Waals surface area contributed by atoms with Crippen molar-refractivity contribution in [2.75, 3.05) is 13.2 Å². The van der Waals surface area contributed by atoms with Crippen LogP contribution in [0.4, 0.5) is 0 Å². The second-order valence-corrected chi connectivity index (χ2v) is 6.59. The van der Waals surface area contributed by atoms with Gasteiger partial charge in [-0.2, -0.15) is 0 Å². The molecule has 1 aliphatic carbocycles. The molecule has 2 aliphatic rings. The highest BCUT2D eigenvalue weighted by Crippen LogP contribution is 2.44. The van der Waals surface area contributed by atoms with Gasteiger partial charge in [0.25, 0.3) is 0 Å². The number of hydrogen-bond donors (Lipinski definition) is 2. The summed E-state index contributed by atoms with van der Waals surface area (Å²) in [6.07, 6.45) is 2.00. The number of carbonyl (C=O) groups excluding carboxylic acids is 1. The van der Waals surface area contributed by atoms with Crippen LogP contribution in [0.5, 0.6) is 0 Å². The number of nitrogens with two attached hydrogens (primary N) is 1. The van der Waals surface area contributed by atoms with E-state index in [1.807, 2.05) is 24.3 Å². The van der Waals surface area contributed by atoms with E-state index in [0.717, 1.165) is 19.4 Å². The van der Waals surface area contributed by atoms with Crippen molar-refractivity contribution in [3.05, 3.63) is 59.7 Å². The van der Waals surface area contributed by atoms with Gasteiger partial charge < -0.3 is 15.8 Å². The molecule has 1 aliphatic heterocycles. The molecular formula is C20H22N2O2. The number of rotatable bonds is 4. The molecule has 2 atom stereocenters. The Morgan fingerprint density at radius 1 is 1.12 bits per heavy atom. The fourth-order valence-electron chi connectivity index (χ4n) is 3.88. The van der Waals surface area contributed by atoms with Crippen molar-refractivity contribution in [1.29, 1.82) is 0 Å². The molecule has 2 aromatic carbocycles. The van der Waals surface area contributed by atoms with Crippen molar-refractivity contribution in [1.82, 2.24) is 5.32 Å². The number of esters is 1. The summed E-state index contributed by atoms with van der Waals surface area (Å²) < 4.78 is 5.61. The van der Waals surface area contributed by atoms with Crippen LogP contribution in [0.2, 0.25) is 0 Å². The first kappa shape index (κ1) is 15.4. The van der Waals surface area contributed by atoms with Gasteiger partial charge in [0.2, 0.25) is 0 Å². The SMILES string of the molecule is N[C@@H](C(=O)OCC1c2ccccc2-c2ccccc21)[C@@H]1CCCN1. The van der Waals surface area contributed by atoms with Gasteiger partial charge in [0, 0.05) is 12.0 Å². The Morgan fingerprint density at radius 2 is 1.75 bits per heavy atom. The van der Waals surface area contributed by atoms with Crippen molar-refractivity contribution in [3.8, 4) is 11.1 Å². The van der Waals surface area contributed by atoms with E-state index in [4.69, 9.17) is 10.5 Å². The Bertz CT molecular complexity index is 707. The maximum Gasteiger partial charge on any atom is 0.324 e. The zero-order valence-electron chi connectivity index (χ0n) is 13.6. The minimum absolute atomic E-state index is 0.0423. The minimum Gasteiger partial charge on any atom is -0.463 e. The zero-order valence-corrected chi connectivity index (χ0v) is 13.6. The van der Waals surface area contributed by atoms with E-state index in [-0.39, 0.29) is 17.9 Å². The van der Waals surface area contributed by atoms with Crippen LogP contribution in [0.1, 0.15) is 29.9 Å². The first-order valence-electron chi connectivity index (χ1n) is 8.59. The van der Waals surface area contributed by atoms with Crippen molar-refractivity contribution >= 4 is 5.97 Å². The third-order valence-electron chi connectivity index (χ3n) is 5.16. The molecule has 124 valence electrons. The summed E-state index contributed by atoms with van der Waals surface area (Å²) in [6.45, 7) is 1.27. The van der Waals surface area contributed by atoms with Gasteiger partial charge in [0.1, 0.15) is 12.6 Å². The van der Waals surface area contributed by atoms with Crippen LogP contribution >= 0.6 is 0 Å². The average Bonchev–Trinajstić information content (AvgIpc) is 3.26. The Labute approximate surface area is 142 Å². The predicted octanol–water partition coefficient (Wildman–Crippen LogP) is 2.42. The predicted molar refractivity (Wildman–Crippen MR) is 93.7 cm³/mol. The van der Waals surface area contributed by atoms with Gasteiger partial charge in [-0.25, -0.2) is 0 Å². The number of fused-ring (bicyclic) bond motifs is 3. The molecule has 0 bridgehead atoms. The monoisotopic (exact) mass is 322 g/mol. The van der Waals surface area contributed by atoms with Gasteiger partial charge >= 0.3 is 5.97 Å². The summed E-state index contributed by atoms with van der Waals surface area (Å²) in [5, 5.41) is 3.27. The molecule has 0 saturated carbocycles. The van der Waals surface area contributed by atoms with Crippen LogP contribution in [0.15, 0.2) is 48.5 Å². The molecule has 4 rings (SSSR count). The van der Waals surface area contributed by atoms with Crippen LogP contribution in [0.3, 0.4) is 0 Å². The average molecular weight is 322 g/mol. The van der Waals surface area contributed by atoms with Crippen molar-refractivity contribution < 1.29 is 9.53 Å². The Morgan fingerprint density at radius 3 is 2.33 bits per heavy atom. The molecule has 24 heavy (non-hydrogen) atoms. The number of carbonyl (C=O) groups is 1. The normalized spacial score (nSPS) is 20.5. The molecule has 0 aromatic heterocycles. The maximum absolute atomic E-state index is 12.3. The number of benzene rings is 2. The van der Waals surface area contributed by atoms with E-state index < -0.39 is 6.04 Å². The molecule has 3 N–H and O–H groups in total. The summed E-state index contributed by atoms with van der Waals surface area (Å²) in [4.78, 5) is 12.3. The number of hydrogen-bond acceptors (Lipinski definition) is 4. The fraction of sp³-hybridized carbons (Fsp3) is 0.350. The second-order valence-electron chi connectivity index (χ2n) is 6.59. The van der Waals surface area contributed by atoms with E-state index >= 15 is 0 Å². The molecule has 1 saturated heterocycles. The van der Waals surface area contributed by atoms with Gasteiger partial charge in [-0.05, 0) is 41.6 Å². The van der Waals surface area contributed by atoms with E-state index in [0.29, 0.717) is 6.61 Å². The largest absolute Gasteiger partial charge is 0.463 e. The molecule has 2 aromatic rings. The lowest BCUT2D eigenvalue weighted by Crippen LogP contribution is -2.47. The highest BCUT2D eigenvalue weighted by molar-refractivity contribution is 5.80. The molecule has 0 radical (unpaired) electrons. The molecule has 1 fully saturated rings. The quantitative estimate of drug-likeness (QED) is 0.849. The zero-order chi connectivity index (χ0) is 16.5. The van der Waals surface area contributed by atoms with Gasteiger partial charge in [-0.1, -0.05) is 48.5 Å². The fourth-order valence-corrected chi connectivity index (χ4v) is 3.88. The highest BCUT2D eigenvalue weighted by atomic mass is 16.5. The topological polar surface area (TPSA) is 64.4 Å². The van der Waals surface area contributed by atoms with Gasteiger partial charge in [-0.15, -0.1) is 0 Å². The molecule has 4 heteroatoms. The summed E-state index contributed by atoms with van der Waals surface area (Å²) in [7, 11) is 0. The van der Waals surface area contributed by atoms with Crippen LogP contribution < -0.4 is 11.1 Å². The lowest BCUT2D eigenvalue weighted by molar-refractivity contribution is -0.146. The second kappa shape index (κ2) is 6.38. The number of ether oxygens (including phenoxy) is 1. The van der Waals surface area contributed by atoms with Crippen LogP contribution in [0, 0.1) is 0 Å². The third-order valence-corrected chi connectivity index (χ3v) is 5.16. The van der Waals surface area contributed by atoms with Crippen molar-refractivity contribution in [3.63, 3.8) is 0 Å². The van der Waals surface area contributed by atoms with Crippen LogP contribution in [-0.4, -0.2) is 31.2 Å². The summed E-state index contributed by atoms with van der Waals surface area (Å²) in [5.74, 6) is -0.221. The molecule has 0 amide bonds. The van der Waals surface area contributed by atoms with E-state index in [2.05, 4.69) is 29.6 Å². The van der Waals surface area contributed by atoms with Crippen LogP contribution in [-0.2, 0) is 9.53 Å². The van der Waals surface area contributed by atoms with Crippen molar-refractivity contribution in [2.24, 2.45) is 5.73 Å². The molecule has 4 nitrogen and oxygen atoms in total. The summed E-state index contributed by atoms with van der Waals surface area (Å²) in [6, 6.07) is 16.1. The standard InChI is InChI=1S/C20H22N2O2/c21-19(18-10-5-11-22-18)20(23)24-12-17-15-8-3-1-6-13(15)14-7-2-4-9-16(14)17/h1-4,6-9,17-19,22H,5,10-12,21H2/t18-,19+/m0/s1. The van der Waals surface area contributed by atoms with Gasteiger partial charge in [-0.3, -0.25) is 4.79 Å². The third kappa shape index (κ3) is 2.62. The van der Waals surface area contributed by atoms with Gasteiger partial charge in [0.15, 0.2) is 0 Å². The lowest BCUT2D eigenvalue weighted by Gasteiger charge is -2.20. The van der Waals surface area contributed by atoms with E-state index in [1.165, 1.54) is 22.3 Å². The van der Waals surface area contributed by atoms with Crippen molar-refractivity contribution in [2.45, 2.75) is 30.8 Å². The lowest BCUT2D eigenvalue weighted by atomic mass is 9.98. The van der Waals surface area contributed by atoms with E-state index in [9.17, 15) is 4.79 Å². The Kier molecular flexibility index (Phi) is 4.08. The summed E-state index contributed by atoms with van der Waals surface area (Å²) in [5.41, 5.74) is 11.0. The number of nitrogens with one attached hydrogen (secondary N) is 1. The smallest absolute Gasteiger partial charge is 0.324 e. The summed E-state index contributed by atoms with van der Waals surface area (Å²) >= 11 is 0. The molecule has 0 spiro atoms. The highest BCUT2D eigenvalue weighted by Gasteiger charge is 2.32.